The third kappa shape index (κ3) is 2.38. The van der Waals surface area contributed by atoms with Gasteiger partial charge in [-0.1, -0.05) is 30.3 Å². The van der Waals surface area contributed by atoms with Crippen LogP contribution in [0.4, 0.5) is 0 Å². The summed E-state index contributed by atoms with van der Waals surface area (Å²) in [4.78, 5) is 12.6. The summed E-state index contributed by atoms with van der Waals surface area (Å²) in [5.41, 5.74) is 1.16. The Morgan fingerprint density at radius 2 is 1.92 bits per heavy atom. The Balaban J connectivity index is 2.58. The molecular weight excluding hydrogens is 150 g/mol. The van der Waals surface area contributed by atoms with Crippen LogP contribution in [-0.2, 0) is 11.3 Å². The molecule has 0 saturated heterocycles. The van der Waals surface area contributed by atoms with Gasteiger partial charge in [-0.15, -0.1) is 0 Å². The molecule has 0 heterocycles. The van der Waals surface area contributed by atoms with Gasteiger partial charge in [-0.2, -0.15) is 0 Å². The van der Waals surface area contributed by atoms with Crippen LogP contribution in [0.25, 0.3) is 0 Å². The maximum atomic E-state index is 10.9. The van der Waals surface area contributed by atoms with Gasteiger partial charge in [0, 0.05) is 20.5 Å². The number of hydrogen-bond acceptors (Lipinski definition) is 1. The summed E-state index contributed by atoms with van der Waals surface area (Å²) in [5.74, 6) is 0.0962. The molecule has 0 saturated carbocycles. The Hall–Kier alpha value is -1.31. The Morgan fingerprint density at radius 1 is 1.33 bits per heavy atom. The zero-order valence-electron chi connectivity index (χ0n) is 7.45. The Bertz CT molecular complexity index is 256. The molecule has 0 unspecified atom stereocenters. The molecule has 0 fully saturated rings. The highest BCUT2D eigenvalue weighted by atomic mass is 16.2. The van der Waals surface area contributed by atoms with Gasteiger partial charge in [0.25, 0.3) is 0 Å². The topological polar surface area (TPSA) is 20.3 Å². The fourth-order valence-corrected chi connectivity index (χ4v) is 0.969. The van der Waals surface area contributed by atoms with Crippen LogP contribution in [0.1, 0.15) is 12.5 Å². The molecule has 0 bridgehead atoms. The van der Waals surface area contributed by atoms with Gasteiger partial charge in [0.1, 0.15) is 0 Å². The summed E-state index contributed by atoms with van der Waals surface area (Å²) in [6.07, 6.45) is 0. The molecule has 0 atom stereocenters. The number of carbonyl (C=O) groups is 1. The highest BCUT2D eigenvalue weighted by molar-refractivity contribution is 5.72. The van der Waals surface area contributed by atoms with E-state index in [1.165, 1.54) is 0 Å². The monoisotopic (exact) mass is 163 g/mol. The molecular formula is C10H13NO. The first-order valence-corrected chi connectivity index (χ1v) is 3.96. The minimum atomic E-state index is 0.0962. The molecule has 1 amide bonds. The minimum Gasteiger partial charge on any atom is -0.342 e. The lowest BCUT2D eigenvalue weighted by molar-refractivity contribution is -0.128. The van der Waals surface area contributed by atoms with Crippen molar-refractivity contribution in [2.75, 3.05) is 7.05 Å². The van der Waals surface area contributed by atoms with E-state index in [0.717, 1.165) is 5.56 Å². The van der Waals surface area contributed by atoms with Gasteiger partial charge >= 0.3 is 0 Å². The highest BCUT2D eigenvalue weighted by Gasteiger charge is 2.01. The van der Waals surface area contributed by atoms with E-state index >= 15 is 0 Å². The van der Waals surface area contributed by atoms with E-state index in [4.69, 9.17) is 0 Å². The predicted octanol–water partition coefficient (Wildman–Crippen LogP) is 1.66. The lowest BCUT2D eigenvalue weighted by Crippen LogP contribution is -2.22. The van der Waals surface area contributed by atoms with Gasteiger partial charge < -0.3 is 4.90 Å². The van der Waals surface area contributed by atoms with Crippen molar-refractivity contribution in [1.29, 1.82) is 0 Å². The number of hydrogen-bond donors (Lipinski definition) is 0. The number of amides is 1. The second kappa shape index (κ2) is 3.90. The number of carbonyl (C=O) groups excluding carboxylic acids is 1. The summed E-state index contributed by atoms with van der Waals surface area (Å²) in [6, 6.07) is 9.95. The van der Waals surface area contributed by atoms with Crippen molar-refractivity contribution in [3.8, 4) is 0 Å². The summed E-state index contributed by atoms with van der Waals surface area (Å²) in [7, 11) is 1.80. The van der Waals surface area contributed by atoms with Gasteiger partial charge in [-0.05, 0) is 5.56 Å². The third-order valence-corrected chi connectivity index (χ3v) is 1.80. The van der Waals surface area contributed by atoms with Crippen LogP contribution in [0, 0.1) is 0 Å². The van der Waals surface area contributed by atoms with Crippen LogP contribution in [-0.4, -0.2) is 17.9 Å². The van der Waals surface area contributed by atoms with E-state index < -0.39 is 0 Å². The maximum Gasteiger partial charge on any atom is 0.219 e. The zero-order chi connectivity index (χ0) is 8.97. The molecule has 0 radical (unpaired) electrons. The average Bonchev–Trinajstić information content (AvgIpc) is 2.06. The maximum absolute atomic E-state index is 10.9. The molecule has 0 aromatic heterocycles. The molecule has 1 aromatic rings. The van der Waals surface area contributed by atoms with Gasteiger partial charge in [0.05, 0.1) is 0 Å². The Kier molecular flexibility index (Phi) is 2.86. The van der Waals surface area contributed by atoms with E-state index in [9.17, 15) is 4.79 Å². The Labute approximate surface area is 72.8 Å². The van der Waals surface area contributed by atoms with Gasteiger partial charge in [0.2, 0.25) is 5.91 Å². The molecule has 1 rings (SSSR count). The normalized spacial score (nSPS) is 9.50. The first-order chi connectivity index (χ1) is 5.70. The summed E-state index contributed by atoms with van der Waals surface area (Å²) in [5, 5.41) is 0. The van der Waals surface area contributed by atoms with Crippen LogP contribution in [0.5, 0.6) is 0 Å². The molecule has 1 aromatic carbocycles. The van der Waals surface area contributed by atoms with Gasteiger partial charge in [0.15, 0.2) is 0 Å². The van der Waals surface area contributed by atoms with Crippen LogP contribution >= 0.6 is 0 Å². The first-order valence-electron chi connectivity index (χ1n) is 3.96. The SMILES string of the molecule is CC(=O)N(C)Cc1ccccc1. The predicted molar refractivity (Wildman–Crippen MR) is 48.6 cm³/mol. The quantitative estimate of drug-likeness (QED) is 0.649. The summed E-state index contributed by atoms with van der Waals surface area (Å²) in [6.45, 7) is 2.26. The van der Waals surface area contributed by atoms with Gasteiger partial charge in [-0.25, -0.2) is 0 Å². The van der Waals surface area contributed by atoms with Crippen molar-refractivity contribution in [3.63, 3.8) is 0 Å². The molecule has 0 spiro atoms. The van der Waals surface area contributed by atoms with Crippen molar-refractivity contribution in [2.45, 2.75) is 13.5 Å². The highest BCUT2D eigenvalue weighted by Crippen LogP contribution is 2.01. The lowest BCUT2D eigenvalue weighted by atomic mass is 10.2. The Morgan fingerprint density at radius 3 is 2.42 bits per heavy atom. The zero-order valence-corrected chi connectivity index (χ0v) is 7.45. The van der Waals surface area contributed by atoms with Crippen molar-refractivity contribution < 1.29 is 4.79 Å². The molecule has 64 valence electrons. The van der Waals surface area contributed by atoms with Crippen molar-refractivity contribution >= 4 is 5.91 Å². The van der Waals surface area contributed by atoms with Crippen molar-refractivity contribution in [1.82, 2.24) is 4.90 Å². The van der Waals surface area contributed by atoms with E-state index in [1.807, 2.05) is 30.3 Å². The molecule has 0 aliphatic carbocycles. The van der Waals surface area contributed by atoms with Crippen LogP contribution in [0.15, 0.2) is 30.3 Å². The average molecular weight is 163 g/mol. The largest absolute Gasteiger partial charge is 0.342 e. The standard InChI is InChI=1S/C10H13NO/c1-9(12)11(2)8-10-6-4-3-5-7-10/h3-7H,8H2,1-2H3. The molecule has 12 heavy (non-hydrogen) atoms. The molecule has 2 heteroatoms. The molecule has 2 nitrogen and oxygen atoms in total. The second-order valence-corrected chi connectivity index (χ2v) is 2.86. The smallest absolute Gasteiger partial charge is 0.219 e. The summed E-state index contributed by atoms with van der Waals surface area (Å²) >= 11 is 0. The van der Waals surface area contributed by atoms with Crippen LogP contribution in [0.2, 0.25) is 0 Å². The van der Waals surface area contributed by atoms with E-state index in [2.05, 4.69) is 0 Å². The van der Waals surface area contributed by atoms with Crippen LogP contribution in [0.3, 0.4) is 0 Å². The molecule has 0 aliphatic heterocycles. The second-order valence-electron chi connectivity index (χ2n) is 2.86. The van der Waals surface area contributed by atoms with E-state index in [0.29, 0.717) is 6.54 Å². The molecule has 0 aliphatic rings. The van der Waals surface area contributed by atoms with Gasteiger partial charge in [-0.3, -0.25) is 4.79 Å². The van der Waals surface area contributed by atoms with Crippen molar-refractivity contribution in [2.24, 2.45) is 0 Å². The van der Waals surface area contributed by atoms with Crippen molar-refractivity contribution in [3.05, 3.63) is 35.9 Å². The number of rotatable bonds is 2. The first kappa shape index (κ1) is 8.78. The van der Waals surface area contributed by atoms with E-state index in [-0.39, 0.29) is 5.91 Å². The summed E-state index contributed by atoms with van der Waals surface area (Å²) < 4.78 is 0. The molecule has 0 N–H and O–H groups in total. The minimum absolute atomic E-state index is 0.0962. The van der Waals surface area contributed by atoms with Crippen LogP contribution < -0.4 is 0 Å². The lowest BCUT2D eigenvalue weighted by Gasteiger charge is -2.14. The number of nitrogens with zero attached hydrogens (tertiary/aromatic N) is 1. The fourth-order valence-electron chi connectivity index (χ4n) is 0.969. The number of benzene rings is 1. The van der Waals surface area contributed by atoms with E-state index in [1.54, 1.807) is 18.9 Å². The third-order valence-electron chi connectivity index (χ3n) is 1.80. The fraction of sp³-hybridized carbons (Fsp3) is 0.300.